The molecule has 1 heterocycles. The van der Waals surface area contributed by atoms with Crippen molar-refractivity contribution < 1.29 is 13.2 Å². The fraction of sp³-hybridized carbons (Fsp3) is 0.381. The molecule has 28 heavy (non-hydrogen) atoms. The Bertz CT molecular complexity index is 875. The SMILES string of the molecule is CCS(=O)(=O)N1CCN(Cc2ccc(C(=O)NCc3ccccc3)cc2)CC1. The molecule has 1 aliphatic rings. The van der Waals surface area contributed by atoms with Crippen molar-refractivity contribution in [2.45, 2.75) is 20.0 Å². The van der Waals surface area contributed by atoms with Gasteiger partial charge in [0.05, 0.1) is 5.75 Å². The van der Waals surface area contributed by atoms with Crippen LogP contribution < -0.4 is 5.32 Å². The van der Waals surface area contributed by atoms with Crippen molar-refractivity contribution in [1.29, 1.82) is 0 Å². The van der Waals surface area contributed by atoms with E-state index in [1.807, 2.05) is 54.6 Å². The molecule has 0 aliphatic carbocycles. The van der Waals surface area contributed by atoms with Gasteiger partial charge in [0.1, 0.15) is 0 Å². The smallest absolute Gasteiger partial charge is 0.251 e. The van der Waals surface area contributed by atoms with E-state index in [4.69, 9.17) is 0 Å². The Hall–Kier alpha value is -2.22. The maximum Gasteiger partial charge on any atom is 0.251 e. The predicted octanol–water partition coefficient (Wildman–Crippen LogP) is 2.08. The highest BCUT2D eigenvalue weighted by molar-refractivity contribution is 7.89. The molecule has 1 fully saturated rings. The van der Waals surface area contributed by atoms with Crippen molar-refractivity contribution in [3.05, 3.63) is 71.3 Å². The maximum absolute atomic E-state index is 12.3. The molecule has 1 saturated heterocycles. The van der Waals surface area contributed by atoms with Crippen LogP contribution in [0.2, 0.25) is 0 Å². The van der Waals surface area contributed by atoms with Crippen LogP contribution in [0.5, 0.6) is 0 Å². The van der Waals surface area contributed by atoms with Crippen LogP contribution in [0.1, 0.15) is 28.4 Å². The van der Waals surface area contributed by atoms with E-state index < -0.39 is 10.0 Å². The molecule has 6 nitrogen and oxygen atoms in total. The highest BCUT2D eigenvalue weighted by atomic mass is 32.2. The molecule has 0 unspecified atom stereocenters. The highest BCUT2D eigenvalue weighted by Gasteiger charge is 2.25. The lowest BCUT2D eigenvalue weighted by molar-refractivity contribution is 0.0951. The third kappa shape index (κ3) is 5.41. The quantitative estimate of drug-likeness (QED) is 0.771. The number of carbonyl (C=O) groups is 1. The molecule has 0 saturated carbocycles. The molecule has 0 spiro atoms. The molecule has 2 aromatic rings. The number of hydrogen-bond donors (Lipinski definition) is 1. The van der Waals surface area contributed by atoms with Gasteiger partial charge in [-0.3, -0.25) is 9.69 Å². The predicted molar refractivity (Wildman–Crippen MR) is 110 cm³/mol. The zero-order chi connectivity index (χ0) is 20.0. The average Bonchev–Trinajstić information content (AvgIpc) is 2.74. The Morgan fingerprint density at radius 1 is 0.929 bits per heavy atom. The number of amides is 1. The molecule has 1 aliphatic heterocycles. The van der Waals surface area contributed by atoms with Gasteiger partial charge in [0.15, 0.2) is 0 Å². The van der Waals surface area contributed by atoms with Crippen molar-refractivity contribution in [3.8, 4) is 0 Å². The third-order valence-electron chi connectivity index (χ3n) is 5.01. The van der Waals surface area contributed by atoms with Crippen LogP contribution in [0, 0.1) is 0 Å². The first-order valence-electron chi connectivity index (χ1n) is 9.59. The van der Waals surface area contributed by atoms with Crippen LogP contribution in [-0.2, 0) is 23.1 Å². The minimum Gasteiger partial charge on any atom is -0.348 e. The van der Waals surface area contributed by atoms with E-state index in [2.05, 4.69) is 10.2 Å². The second kappa shape index (κ2) is 9.32. The zero-order valence-corrected chi connectivity index (χ0v) is 17.0. The van der Waals surface area contributed by atoms with E-state index in [0.29, 0.717) is 25.2 Å². The first kappa shape index (κ1) is 20.5. The van der Waals surface area contributed by atoms with Crippen LogP contribution in [0.4, 0.5) is 0 Å². The average molecular weight is 402 g/mol. The van der Waals surface area contributed by atoms with Crippen molar-refractivity contribution in [2.75, 3.05) is 31.9 Å². The number of carbonyl (C=O) groups excluding carboxylic acids is 1. The van der Waals surface area contributed by atoms with Crippen LogP contribution >= 0.6 is 0 Å². The molecular formula is C21H27N3O3S. The summed E-state index contributed by atoms with van der Waals surface area (Å²) in [6.45, 7) is 5.46. The van der Waals surface area contributed by atoms with Crippen molar-refractivity contribution >= 4 is 15.9 Å². The Labute approximate surface area is 167 Å². The molecule has 0 radical (unpaired) electrons. The van der Waals surface area contributed by atoms with E-state index in [1.54, 1.807) is 11.2 Å². The van der Waals surface area contributed by atoms with E-state index in [1.165, 1.54) is 0 Å². The lowest BCUT2D eigenvalue weighted by Gasteiger charge is -2.33. The Morgan fingerprint density at radius 3 is 2.18 bits per heavy atom. The second-order valence-electron chi connectivity index (χ2n) is 6.94. The standard InChI is InChI=1S/C21H27N3O3S/c1-2-28(26,27)24-14-12-23(13-15-24)17-19-8-10-20(11-9-19)21(25)22-16-18-6-4-3-5-7-18/h3-11H,2,12-17H2,1H3,(H,22,25). The first-order valence-corrected chi connectivity index (χ1v) is 11.2. The molecule has 150 valence electrons. The Morgan fingerprint density at radius 2 is 1.57 bits per heavy atom. The summed E-state index contributed by atoms with van der Waals surface area (Å²) in [5, 5.41) is 2.93. The molecule has 0 aromatic heterocycles. The topological polar surface area (TPSA) is 69.7 Å². The first-order chi connectivity index (χ1) is 13.5. The summed E-state index contributed by atoms with van der Waals surface area (Å²) in [7, 11) is -3.10. The van der Waals surface area contributed by atoms with Crippen molar-refractivity contribution in [3.63, 3.8) is 0 Å². The normalized spacial score (nSPS) is 16.0. The number of hydrogen-bond acceptors (Lipinski definition) is 4. The van der Waals surface area contributed by atoms with Gasteiger partial charge in [-0.05, 0) is 30.2 Å². The molecular weight excluding hydrogens is 374 g/mol. The third-order valence-corrected chi connectivity index (χ3v) is 6.89. The summed E-state index contributed by atoms with van der Waals surface area (Å²) in [4.78, 5) is 14.5. The zero-order valence-electron chi connectivity index (χ0n) is 16.2. The maximum atomic E-state index is 12.3. The van der Waals surface area contributed by atoms with Gasteiger partial charge < -0.3 is 5.32 Å². The van der Waals surface area contributed by atoms with E-state index in [-0.39, 0.29) is 11.7 Å². The molecule has 0 atom stereocenters. The number of sulfonamides is 1. The van der Waals surface area contributed by atoms with E-state index in [0.717, 1.165) is 30.8 Å². The van der Waals surface area contributed by atoms with Gasteiger partial charge in [0.2, 0.25) is 10.0 Å². The molecule has 0 bridgehead atoms. The van der Waals surface area contributed by atoms with Gasteiger partial charge in [0, 0.05) is 44.8 Å². The number of benzene rings is 2. The fourth-order valence-electron chi connectivity index (χ4n) is 3.25. The lowest BCUT2D eigenvalue weighted by atomic mass is 10.1. The minimum atomic E-state index is -3.10. The van der Waals surface area contributed by atoms with Crippen LogP contribution in [0.15, 0.2) is 54.6 Å². The van der Waals surface area contributed by atoms with Gasteiger partial charge in [-0.25, -0.2) is 8.42 Å². The fourth-order valence-corrected chi connectivity index (χ4v) is 4.33. The van der Waals surface area contributed by atoms with Crippen LogP contribution in [0.3, 0.4) is 0 Å². The molecule has 3 rings (SSSR count). The number of nitrogens with one attached hydrogen (secondary N) is 1. The summed E-state index contributed by atoms with van der Waals surface area (Å²) in [6, 6.07) is 17.4. The van der Waals surface area contributed by atoms with Crippen LogP contribution in [0.25, 0.3) is 0 Å². The highest BCUT2D eigenvalue weighted by Crippen LogP contribution is 2.13. The Kier molecular flexibility index (Phi) is 6.83. The minimum absolute atomic E-state index is 0.0891. The monoisotopic (exact) mass is 401 g/mol. The molecule has 1 N–H and O–H groups in total. The molecule has 7 heteroatoms. The second-order valence-corrected chi connectivity index (χ2v) is 9.20. The van der Waals surface area contributed by atoms with Gasteiger partial charge in [0.25, 0.3) is 5.91 Å². The summed E-state index contributed by atoms with van der Waals surface area (Å²) in [6.07, 6.45) is 0. The van der Waals surface area contributed by atoms with Gasteiger partial charge in [-0.1, -0.05) is 42.5 Å². The van der Waals surface area contributed by atoms with E-state index >= 15 is 0 Å². The van der Waals surface area contributed by atoms with E-state index in [9.17, 15) is 13.2 Å². The van der Waals surface area contributed by atoms with Crippen LogP contribution in [-0.4, -0.2) is 55.5 Å². The van der Waals surface area contributed by atoms with Gasteiger partial charge >= 0.3 is 0 Å². The number of nitrogens with zero attached hydrogens (tertiary/aromatic N) is 2. The largest absolute Gasteiger partial charge is 0.348 e. The summed E-state index contributed by atoms with van der Waals surface area (Å²) >= 11 is 0. The summed E-state index contributed by atoms with van der Waals surface area (Å²) in [5.41, 5.74) is 2.82. The molecule has 2 aromatic carbocycles. The van der Waals surface area contributed by atoms with Gasteiger partial charge in [-0.15, -0.1) is 0 Å². The molecule has 1 amide bonds. The number of rotatable bonds is 7. The summed E-state index contributed by atoms with van der Waals surface area (Å²) in [5.74, 6) is 0.0645. The Balaban J connectivity index is 1.49. The van der Waals surface area contributed by atoms with Crippen molar-refractivity contribution in [1.82, 2.24) is 14.5 Å². The van der Waals surface area contributed by atoms with Crippen molar-refractivity contribution in [2.24, 2.45) is 0 Å². The lowest BCUT2D eigenvalue weighted by Crippen LogP contribution is -2.48. The van der Waals surface area contributed by atoms with Gasteiger partial charge in [-0.2, -0.15) is 4.31 Å². The summed E-state index contributed by atoms with van der Waals surface area (Å²) < 4.78 is 25.4. The number of piperazine rings is 1.